The number of methoxy groups -OCH3 is 4. The van der Waals surface area contributed by atoms with Gasteiger partial charge < -0.3 is 46.6 Å². The highest BCUT2D eigenvalue weighted by molar-refractivity contribution is 8.13. The maximum atomic E-state index is 13.8. The van der Waals surface area contributed by atoms with Crippen molar-refractivity contribution < 1.29 is 56.7 Å². The van der Waals surface area contributed by atoms with Crippen LogP contribution in [0.4, 0.5) is 11.4 Å². The second kappa shape index (κ2) is 42.9. The van der Waals surface area contributed by atoms with Gasteiger partial charge in [0.25, 0.3) is 5.96 Å². The third-order valence-electron chi connectivity index (χ3n) is 13.5. The molecule has 2 aliphatic rings. The zero-order valence-corrected chi connectivity index (χ0v) is 60.3. The monoisotopic (exact) mass is 1480 g/mol. The molecule has 8 rings (SSSR count). The summed E-state index contributed by atoms with van der Waals surface area (Å²) in [4.78, 5) is 66.8. The van der Waals surface area contributed by atoms with E-state index in [0.29, 0.717) is 66.6 Å². The summed E-state index contributed by atoms with van der Waals surface area (Å²) in [5.41, 5.74) is 33.9. The number of aromatic nitrogens is 4. The van der Waals surface area contributed by atoms with Crippen molar-refractivity contribution in [1.82, 2.24) is 34.4 Å². The van der Waals surface area contributed by atoms with E-state index in [0.717, 1.165) is 103 Å². The van der Waals surface area contributed by atoms with Crippen LogP contribution in [-0.4, -0.2) is 144 Å². The van der Waals surface area contributed by atoms with Crippen molar-refractivity contribution in [2.75, 3.05) is 66.9 Å². The zero-order chi connectivity index (χ0) is 75.2. The van der Waals surface area contributed by atoms with E-state index in [-0.39, 0.29) is 60.0 Å². The predicted octanol–water partition coefficient (Wildman–Crippen LogP) is 5.51. The van der Waals surface area contributed by atoms with Crippen LogP contribution in [0.25, 0.3) is 22.5 Å². The quantitative estimate of drug-likeness (QED) is 0.0210. The zero-order valence-electron chi connectivity index (χ0n) is 57.0. The number of rotatable bonds is 14. The van der Waals surface area contributed by atoms with Crippen molar-refractivity contribution in [2.45, 2.75) is 94.9 Å². The molecule has 550 valence electrons. The fraction of sp³-hybridized carbons (Fsp3) is 0.400. The lowest BCUT2D eigenvalue weighted by atomic mass is 9.97. The first-order chi connectivity index (χ1) is 46.5. The summed E-state index contributed by atoms with van der Waals surface area (Å²) in [7, 11) is 1.74. The fourth-order valence-corrected chi connectivity index (χ4v) is 9.99. The highest BCUT2D eigenvalue weighted by Gasteiger charge is 2.25. The van der Waals surface area contributed by atoms with Gasteiger partial charge in [0.2, 0.25) is 10.3 Å². The Kier molecular flexibility index (Phi) is 37.8. The number of hydrazine groups is 2. The van der Waals surface area contributed by atoms with E-state index < -0.39 is 25.5 Å². The number of nitrogens with two attached hydrogens (primary N) is 3. The molecular weight excluding hydrogens is 1390 g/mol. The molecule has 0 spiro atoms. The molecule has 4 aromatic carbocycles. The Labute approximate surface area is 590 Å². The first-order valence-corrected chi connectivity index (χ1v) is 34.2. The standard InChI is InChI=1S/C26H31N7O5.C25H30N4O3.2C2H5N3O2S.C2H6N2S.C2H6O.CH4.H2O4S/c1-15-10-16(2)24(17(3)11-15)29-23-14-20-19-13-22(38-5)21(37-4)12-18(19)6-8-31(20)26(34)32(23)9-7-28-25(27)30-33(35)36;1-15-10-16(2)24(17(3)11-15)27-23-14-20-19-13-22(32-5)21(31-4)12-18(19)6-8-28(20)25(30)29(23)9-7-26;2*1-8-2(3)4-5(6)7;1-5-2(3)4;1-2-3;;1-5(2,3)4/h10-14H,6-9H2,1-5H3,(H3,27,28,30);10-14H,6-9,26H2,1-5H3;2*1H3,(H2,3,4);1H3,(H3,3,4);3H,2H2,1H3;1H4;(H2,1,2,3,4). The van der Waals surface area contributed by atoms with Crippen LogP contribution in [0, 0.1) is 88.1 Å². The van der Waals surface area contributed by atoms with Crippen LogP contribution in [0.3, 0.4) is 0 Å². The van der Waals surface area contributed by atoms with Crippen molar-refractivity contribution in [3.8, 4) is 45.5 Å². The Bertz CT molecular complexity index is 4230. The van der Waals surface area contributed by atoms with Gasteiger partial charge in [-0.25, -0.2) is 49.9 Å². The summed E-state index contributed by atoms with van der Waals surface area (Å²) >= 11 is 3.21. The lowest BCUT2D eigenvalue weighted by Gasteiger charge is -2.24. The predicted molar refractivity (Wildman–Crippen MR) is 391 cm³/mol. The summed E-state index contributed by atoms with van der Waals surface area (Å²) in [5.74, 6) is 2.18. The average molecular weight is 1480 g/mol. The number of hydrogen-bond acceptors (Lipinski definition) is 24. The Morgan fingerprint density at radius 3 is 1.21 bits per heavy atom. The Morgan fingerprint density at radius 1 is 0.620 bits per heavy atom. The number of benzene rings is 4. The van der Waals surface area contributed by atoms with Gasteiger partial charge in [-0.05, 0) is 138 Å². The second-order valence-corrected chi connectivity index (χ2v) is 23.8. The van der Waals surface area contributed by atoms with Crippen LogP contribution >= 0.6 is 35.3 Å². The number of aryl methyl sites for hydroxylation is 8. The van der Waals surface area contributed by atoms with E-state index >= 15 is 0 Å². The summed E-state index contributed by atoms with van der Waals surface area (Å²) in [6.07, 6.45) is 6.30. The van der Waals surface area contributed by atoms with Crippen molar-refractivity contribution in [2.24, 2.45) is 32.3 Å². The highest BCUT2D eigenvalue weighted by atomic mass is 32.3. The van der Waals surface area contributed by atoms with Crippen molar-refractivity contribution in [1.29, 1.82) is 16.2 Å². The van der Waals surface area contributed by atoms with Crippen LogP contribution in [0.15, 0.2) is 85.3 Å². The molecule has 6 aromatic rings. The number of aliphatic hydroxyl groups excluding tert-OH is 1. The Hall–Kier alpha value is -9.84. The van der Waals surface area contributed by atoms with Gasteiger partial charge in [-0.15, -0.1) is 0 Å². The van der Waals surface area contributed by atoms with Gasteiger partial charge in [0.05, 0.1) is 51.2 Å². The molecule has 15 N–H and O–H groups in total. The van der Waals surface area contributed by atoms with Gasteiger partial charge in [-0.2, -0.15) is 8.42 Å². The minimum absolute atomic E-state index is 0. The maximum Gasteiger partial charge on any atom is 0.394 e. The van der Waals surface area contributed by atoms with E-state index in [1.54, 1.807) is 83.3 Å². The molecule has 0 atom stereocenters. The maximum absolute atomic E-state index is 13.8. The van der Waals surface area contributed by atoms with Crippen LogP contribution in [-0.2, 0) is 49.4 Å². The molecule has 0 aliphatic carbocycles. The number of nitrogens with zero attached hydrogens (tertiary/aromatic N) is 10. The first kappa shape index (κ1) is 88.2. The smallest absolute Gasteiger partial charge is 0.394 e. The molecule has 4 heterocycles. The van der Waals surface area contributed by atoms with Crippen molar-refractivity contribution in [3.05, 3.63) is 167 Å². The fourth-order valence-electron chi connectivity index (χ4n) is 9.66. The molecule has 0 saturated heterocycles. The summed E-state index contributed by atoms with van der Waals surface area (Å²) in [6, 6.07) is 19.9. The molecule has 40 heteroatoms. The van der Waals surface area contributed by atoms with Crippen LogP contribution in [0.1, 0.15) is 58.9 Å². The van der Waals surface area contributed by atoms with Gasteiger partial charge >= 0.3 is 21.8 Å². The van der Waals surface area contributed by atoms with Crippen LogP contribution in [0.5, 0.6) is 23.0 Å². The van der Waals surface area contributed by atoms with Gasteiger partial charge in [0.1, 0.15) is 16.1 Å². The molecule has 100 heavy (non-hydrogen) atoms. The van der Waals surface area contributed by atoms with Gasteiger partial charge in [-0.1, -0.05) is 89.0 Å². The molecule has 0 unspecified atom stereocenters. The minimum Gasteiger partial charge on any atom is -0.493 e. The van der Waals surface area contributed by atoms with Gasteiger partial charge in [-0.3, -0.25) is 43.6 Å². The normalized spacial score (nSPS) is 11.6. The minimum atomic E-state index is -4.67. The molecule has 0 bridgehead atoms. The first-order valence-electron chi connectivity index (χ1n) is 29.2. The SMILES string of the molecule is C.CCO.COc1cc2c(cc1OC)-c1cc(=Nc3c(C)cc(C)cc3C)n(CCN)c(=O)n1CC2.COc1cc2c(cc1OC)-c1cc(=Nc3c(C)cc(C)cc3C)n(CCN/C(N)=N/[N+](=O)[O-])c(=O)n1CC2.CSC(=N)N.CSC(=N)N[N+](=O)[O-].CSC(=N)N[N+](=O)[O-].O=S(=O)(O)O. The molecule has 0 fully saturated rings. The number of amidine groups is 3. The number of aliphatic hydroxyl groups is 1. The molecule has 0 radical (unpaired) electrons. The number of hydrogen-bond donors (Lipinski definition) is 12. The van der Waals surface area contributed by atoms with Crippen molar-refractivity contribution >= 4 is 78.5 Å². The highest BCUT2D eigenvalue weighted by Crippen LogP contribution is 2.39. The molecule has 0 amide bonds. The number of guanidine groups is 1. The largest absolute Gasteiger partial charge is 0.493 e. The third kappa shape index (κ3) is 27.8. The summed E-state index contributed by atoms with van der Waals surface area (Å²) in [5, 5.41) is 60.2. The summed E-state index contributed by atoms with van der Waals surface area (Å²) < 4.78 is 60.3. The number of hydrazone groups is 1. The Balaban J connectivity index is 0.000000716. The lowest BCUT2D eigenvalue weighted by Crippen LogP contribution is -2.45. The van der Waals surface area contributed by atoms with E-state index in [9.17, 15) is 39.9 Å². The van der Waals surface area contributed by atoms with E-state index in [2.05, 4.69) is 29.5 Å². The van der Waals surface area contributed by atoms with Gasteiger partial charge in [0, 0.05) is 69.1 Å². The number of nitrogens with one attached hydrogen (secondary N) is 6. The van der Waals surface area contributed by atoms with E-state index in [4.69, 9.17) is 85.0 Å². The second-order valence-electron chi connectivity index (χ2n) is 20.5. The van der Waals surface area contributed by atoms with Crippen LogP contribution < -0.4 is 74.7 Å². The summed E-state index contributed by atoms with van der Waals surface area (Å²) in [6.45, 7) is 16.2. The third-order valence-corrected chi connectivity index (χ3v) is 14.9. The molecular formula is C60H89N19O17S4. The number of nitro groups is 3. The van der Waals surface area contributed by atoms with E-state index in [1.807, 2.05) is 83.1 Å². The van der Waals surface area contributed by atoms with Crippen LogP contribution in [0.2, 0.25) is 0 Å². The van der Waals surface area contributed by atoms with Gasteiger partial charge in [0.15, 0.2) is 43.3 Å². The lowest BCUT2D eigenvalue weighted by molar-refractivity contribution is -0.524. The molecule has 2 aromatic heterocycles. The molecule has 36 nitrogen and oxygen atoms in total. The number of ether oxygens (including phenoxy) is 4. The average Bonchev–Trinajstić information content (AvgIpc) is 0.759. The molecule has 2 aliphatic heterocycles. The topological polar surface area (TPSA) is 538 Å². The van der Waals surface area contributed by atoms with Crippen molar-refractivity contribution in [3.63, 3.8) is 0 Å². The number of fused-ring (bicyclic) bond motifs is 6. The Morgan fingerprint density at radius 2 is 0.940 bits per heavy atom. The molecule has 0 saturated carbocycles. The number of thioether (sulfide) groups is 3. The van der Waals surface area contributed by atoms with E-state index in [1.165, 1.54) is 17.3 Å².